The number of carbonyl (C=O) groups excluding carboxylic acids is 2. The first-order valence-corrected chi connectivity index (χ1v) is 6.73. The lowest BCUT2D eigenvalue weighted by molar-refractivity contribution is -0.182. The van der Waals surface area contributed by atoms with Gasteiger partial charge in [0.1, 0.15) is 5.60 Å². The van der Waals surface area contributed by atoms with Crippen LogP contribution >= 0.6 is 0 Å². The number of hydrogen-bond acceptors (Lipinski definition) is 7. The molecule has 1 rings (SSSR count). The number of hydrogen-bond donors (Lipinski definition) is 2. The Morgan fingerprint density at radius 1 is 1.25 bits per heavy atom. The summed E-state index contributed by atoms with van der Waals surface area (Å²) in [6, 6.07) is 0. The zero-order valence-corrected chi connectivity index (χ0v) is 12.0. The van der Waals surface area contributed by atoms with E-state index in [1.165, 1.54) is 0 Å². The molecule has 0 bridgehead atoms. The monoisotopic (exact) mass is 290 g/mol. The summed E-state index contributed by atoms with van der Waals surface area (Å²) in [4.78, 5) is 23.0. The molecule has 7 heteroatoms. The second-order valence-electron chi connectivity index (χ2n) is 4.86. The van der Waals surface area contributed by atoms with E-state index in [0.29, 0.717) is 12.8 Å². The molecular formula is C13H22O7. The quantitative estimate of drug-likeness (QED) is 0.651. The lowest BCUT2D eigenvalue weighted by Gasteiger charge is -2.29. The highest BCUT2D eigenvalue weighted by molar-refractivity contribution is 5.76. The van der Waals surface area contributed by atoms with E-state index in [1.807, 2.05) is 0 Å². The van der Waals surface area contributed by atoms with Crippen LogP contribution in [0.1, 0.15) is 33.6 Å². The number of carbonyl (C=O) groups is 2. The van der Waals surface area contributed by atoms with Crippen LogP contribution in [0.4, 0.5) is 0 Å². The topological polar surface area (TPSA) is 102 Å². The molecule has 1 fully saturated rings. The molecule has 0 spiro atoms. The fourth-order valence-electron chi connectivity index (χ4n) is 2.17. The summed E-state index contributed by atoms with van der Waals surface area (Å²) < 4.78 is 15.0. The molecule has 7 nitrogen and oxygen atoms in total. The number of esters is 2. The Morgan fingerprint density at radius 2 is 1.80 bits per heavy atom. The van der Waals surface area contributed by atoms with Gasteiger partial charge in [-0.25, -0.2) is 9.59 Å². The molecule has 0 unspecified atom stereocenters. The smallest absolute Gasteiger partial charge is 0.337 e. The molecule has 116 valence electrons. The summed E-state index contributed by atoms with van der Waals surface area (Å²) >= 11 is 0. The van der Waals surface area contributed by atoms with Gasteiger partial charge in [-0.2, -0.15) is 0 Å². The number of aliphatic hydroxyl groups excluding tert-OH is 2. The van der Waals surface area contributed by atoms with Crippen LogP contribution in [0.25, 0.3) is 0 Å². The van der Waals surface area contributed by atoms with Gasteiger partial charge in [0.15, 0.2) is 12.2 Å². The van der Waals surface area contributed by atoms with Gasteiger partial charge < -0.3 is 24.4 Å². The zero-order valence-electron chi connectivity index (χ0n) is 12.0. The van der Waals surface area contributed by atoms with Crippen LogP contribution in [0.3, 0.4) is 0 Å². The standard InChI is InChI=1S/C13H22O7/c1-4-18-11(16)9(14)8-6-7-13(3,20-8)10(15)12(17)19-5-2/h8-10,14-15H,4-7H2,1-3H3/t8-,9+,10+,13+/m0/s1. The molecule has 1 aliphatic heterocycles. The minimum absolute atomic E-state index is 0.154. The van der Waals surface area contributed by atoms with E-state index >= 15 is 0 Å². The fourth-order valence-corrected chi connectivity index (χ4v) is 2.17. The Balaban J connectivity index is 2.65. The maximum Gasteiger partial charge on any atom is 0.337 e. The van der Waals surface area contributed by atoms with Crippen molar-refractivity contribution in [1.82, 2.24) is 0 Å². The molecule has 0 aliphatic carbocycles. The lowest BCUT2D eigenvalue weighted by Crippen LogP contribution is -2.47. The Kier molecular flexibility index (Phi) is 5.91. The molecule has 0 aromatic carbocycles. The van der Waals surface area contributed by atoms with Gasteiger partial charge in [0.2, 0.25) is 0 Å². The van der Waals surface area contributed by atoms with Crippen LogP contribution in [-0.4, -0.2) is 59.3 Å². The van der Waals surface area contributed by atoms with E-state index in [9.17, 15) is 19.8 Å². The molecule has 2 N–H and O–H groups in total. The SMILES string of the molecule is CCOC(=O)[C@@H](O)[C@@]1(C)CC[C@@H]([C@@H](O)C(=O)OCC)O1. The summed E-state index contributed by atoms with van der Waals surface area (Å²) in [5, 5.41) is 19.8. The molecule has 0 radical (unpaired) electrons. The van der Waals surface area contributed by atoms with E-state index in [-0.39, 0.29) is 13.2 Å². The summed E-state index contributed by atoms with van der Waals surface area (Å²) in [7, 11) is 0. The maximum absolute atomic E-state index is 11.5. The van der Waals surface area contributed by atoms with Gasteiger partial charge >= 0.3 is 11.9 Å². The number of rotatable bonds is 6. The molecule has 0 aromatic rings. The number of aliphatic hydroxyl groups is 2. The second kappa shape index (κ2) is 7.01. The predicted molar refractivity (Wildman–Crippen MR) is 67.8 cm³/mol. The molecular weight excluding hydrogens is 268 g/mol. The van der Waals surface area contributed by atoms with Crippen molar-refractivity contribution in [3.63, 3.8) is 0 Å². The summed E-state index contributed by atoms with van der Waals surface area (Å²) in [6.07, 6.45) is -3.02. The zero-order chi connectivity index (χ0) is 15.3. The van der Waals surface area contributed by atoms with Crippen LogP contribution in [0, 0.1) is 0 Å². The van der Waals surface area contributed by atoms with Crippen molar-refractivity contribution in [2.45, 2.75) is 57.5 Å². The van der Waals surface area contributed by atoms with Crippen molar-refractivity contribution < 1.29 is 34.0 Å². The van der Waals surface area contributed by atoms with Crippen molar-refractivity contribution in [3.05, 3.63) is 0 Å². The van der Waals surface area contributed by atoms with Crippen molar-refractivity contribution in [1.29, 1.82) is 0 Å². The Hall–Kier alpha value is -1.18. The molecule has 0 amide bonds. The molecule has 4 atom stereocenters. The lowest BCUT2D eigenvalue weighted by atomic mass is 9.95. The molecule has 0 aromatic heterocycles. The van der Waals surface area contributed by atoms with Crippen LogP contribution in [0.2, 0.25) is 0 Å². The van der Waals surface area contributed by atoms with Gasteiger partial charge in [0.05, 0.1) is 19.3 Å². The molecule has 20 heavy (non-hydrogen) atoms. The highest BCUT2D eigenvalue weighted by atomic mass is 16.6. The number of ether oxygens (including phenoxy) is 3. The highest BCUT2D eigenvalue weighted by Crippen LogP contribution is 2.35. The van der Waals surface area contributed by atoms with Gasteiger partial charge in [0, 0.05) is 0 Å². The van der Waals surface area contributed by atoms with E-state index < -0.39 is 35.9 Å². The Morgan fingerprint density at radius 3 is 2.35 bits per heavy atom. The summed E-state index contributed by atoms with van der Waals surface area (Å²) in [5.41, 5.74) is -1.18. The van der Waals surface area contributed by atoms with Crippen molar-refractivity contribution >= 4 is 11.9 Å². The van der Waals surface area contributed by atoms with Crippen LogP contribution in [0.5, 0.6) is 0 Å². The largest absolute Gasteiger partial charge is 0.464 e. The Bertz CT molecular complexity index is 357. The van der Waals surface area contributed by atoms with Crippen molar-refractivity contribution in [3.8, 4) is 0 Å². The third-order valence-electron chi connectivity index (χ3n) is 3.31. The first kappa shape index (κ1) is 16.9. The first-order chi connectivity index (χ1) is 9.35. The molecule has 1 aliphatic rings. The van der Waals surface area contributed by atoms with Crippen LogP contribution < -0.4 is 0 Å². The third kappa shape index (κ3) is 3.68. The van der Waals surface area contributed by atoms with Gasteiger partial charge in [-0.05, 0) is 33.6 Å². The van der Waals surface area contributed by atoms with E-state index in [1.54, 1.807) is 20.8 Å². The average Bonchev–Trinajstić information content (AvgIpc) is 2.81. The Labute approximate surface area is 117 Å². The van der Waals surface area contributed by atoms with Crippen molar-refractivity contribution in [2.75, 3.05) is 13.2 Å². The highest BCUT2D eigenvalue weighted by Gasteiger charge is 2.49. The van der Waals surface area contributed by atoms with Gasteiger partial charge in [0.25, 0.3) is 0 Å². The van der Waals surface area contributed by atoms with Gasteiger partial charge in [-0.15, -0.1) is 0 Å². The van der Waals surface area contributed by atoms with Gasteiger partial charge in [-0.1, -0.05) is 0 Å². The minimum Gasteiger partial charge on any atom is -0.464 e. The average molecular weight is 290 g/mol. The predicted octanol–water partition coefficient (Wildman–Crippen LogP) is -0.228. The normalized spacial score (nSPS) is 28.8. The van der Waals surface area contributed by atoms with E-state index in [0.717, 1.165) is 0 Å². The van der Waals surface area contributed by atoms with Crippen LogP contribution in [-0.2, 0) is 23.8 Å². The van der Waals surface area contributed by atoms with E-state index in [4.69, 9.17) is 14.2 Å². The molecule has 1 heterocycles. The summed E-state index contributed by atoms with van der Waals surface area (Å²) in [6.45, 7) is 5.13. The fraction of sp³-hybridized carbons (Fsp3) is 0.846. The van der Waals surface area contributed by atoms with Crippen LogP contribution in [0.15, 0.2) is 0 Å². The first-order valence-electron chi connectivity index (χ1n) is 6.73. The molecule has 1 saturated heterocycles. The van der Waals surface area contributed by atoms with Gasteiger partial charge in [-0.3, -0.25) is 0 Å². The summed E-state index contributed by atoms with van der Waals surface area (Å²) in [5.74, 6) is -1.55. The molecule has 0 saturated carbocycles. The minimum atomic E-state index is -1.46. The maximum atomic E-state index is 11.5. The van der Waals surface area contributed by atoms with E-state index in [2.05, 4.69) is 0 Å². The second-order valence-corrected chi connectivity index (χ2v) is 4.86. The third-order valence-corrected chi connectivity index (χ3v) is 3.31. The van der Waals surface area contributed by atoms with Crippen molar-refractivity contribution in [2.24, 2.45) is 0 Å².